The van der Waals surface area contributed by atoms with E-state index in [0.717, 1.165) is 17.8 Å². The Morgan fingerprint density at radius 2 is 2.24 bits per heavy atom. The van der Waals surface area contributed by atoms with Crippen molar-refractivity contribution in [3.8, 4) is 0 Å². The van der Waals surface area contributed by atoms with E-state index < -0.39 is 0 Å². The van der Waals surface area contributed by atoms with Gasteiger partial charge < -0.3 is 20.1 Å². The quantitative estimate of drug-likeness (QED) is 0.835. The molecule has 0 aromatic carbocycles. The Balaban J connectivity index is 0.00000220. The average Bonchev–Trinajstić information content (AvgIpc) is 2.72. The molecule has 0 aliphatic carbocycles. The van der Waals surface area contributed by atoms with Crippen LogP contribution in [0.5, 0.6) is 0 Å². The number of rotatable bonds is 4. The van der Waals surface area contributed by atoms with Crippen molar-refractivity contribution in [2.24, 2.45) is 0 Å². The summed E-state index contributed by atoms with van der Waals surface area (Å²) < 4.78 is 5.09. The van der Waals surface area contributed by atoms with E-state index in [2.05, 4.69) is 15.8 Å². The van der Waals surface area contributed by atoms with E-state index in [4.69, 9.17) is 4.52 Å². The molecule has 118 valence electrons. The third kappa shape index (κ3) is 4.18. The lowest BCUT2D eigenvalue weighted by Crippen LogP contribution is -2.51. The topological polar surface area (TPSA) is 87.5 Å². The second-order valence-electron chi connectivity index (χ2n) is 5.02. The lowest BCUT2D eigenvalue weighted by molar-refractivity contribution is -0.136. The molecule has 2 N–H and O–H groups in total. The van der Waals surface area contributed by atoms with Gasteiger partial charge in [-0.15, -0.1) is 12.4 Å². The van der Waals surface area contributed by atoms with Crippen molar-refractivity contribution >= 4 is 24.2 Å². The van der Waals surface area contributed by atoms with E-state index in [1.807, 2.05) is 20.8 Å². The fraction of sp³-hybridized carbons (Fsp3) is 0.615. The number of carbonyl (C=O) groups excluding carboxylic acids is 2. The molecule has 0 saturated carbocycles. The number of carbonyl (C=O) groups is 2. The highest BCUT2D eigenvalue weighted by atomic mass is 35.5. The van der Waals surface area contributed by atoms with Crippen LogP contribution in [0, 0.1) is 13.8 Å². The third-order valence-electron chi connectivity index (χ3n) is 3.42. The van der Waals surface area contributed by atoms with Crippen LogP contribution >= 0.6 is 12.4 Å². The summed E-state index contributed by atoms with van der Waals surface area (Å²) in [5.41, 5.74) is 1.67. The summed E-state index contributed by atoms with van der Waals surface area (Å²) in [6.45, 7) is 7.21. The van der Waals surface area contributed by atoms with Crippen LogP contribution < -0.4 is 10.6 Å². The molecule has 7 nitrogen and oxygen atoms in total. The summed E-state index contributed by atoms with van der Waals surface area (Å²) >= 11 is 0. The second kappa shape index (κ2) is 7.42. The molecule has 1 aliphatic rings. The summed E-state index contributed by atoms with van der Waals surface area (Å²) in [6, 6.07) is -0.188. The van der Waals surface area contributed by atoms with E-state index in [0.29, 0.717) is 18.8 Å². The van der Waals surface area contributed by atoms with Crippen LogP contribution in [-0.2, 0) is 9.59 Å². The molecule has 1 atom stereocenters. The lowest BCUT2D eigenvalue weighted by Gasteiger charge is -2.27. The predicted molar refractivity (Wildman–Crippen MR) is 79.2 cm³/mol. The molecule has 21 heavy (non-hydrogen) atoms. The normalized spacial score (nSPS) is 16.3. The highest BCUT2D eigenvalue weighted by Gasteiger charge is 2.22. The molecule has 2 heterocycles. The molecule has 2 rings (SSSR count). The minimum atomic E-state index is -0.188. The highest BCUT2D eigenvalue weighted by Crippen LogP contribution is 2.20. The molecule has 1 saturated heterocycles. The number of halogens is 1. The first-order valence-electron chi connectivity index (χ1n) is 6.69. The molecule has 1 aromatic rings. The SMILES string of the molecule is Cc1noc(C)c1C(C)NC(=O)CN1CCNCC1=O.Cl. The zero-order valence-corrected chi connectivity index (χ0v) is 13.2. The van der Waals surface area contributed by atoms with Crippen LogP contribution in [0.1, 0.15) is 30.0 Å². The van der Waals surface area contributed by atoms with Crippen molar-refractivity contribution in [2.45, 2.75) is 26.8 Å². The summed E-state index contributed by atoms with van der Waals surface area (Å²) in [5.74, 6) is 0.484. The molecule has 8 heteroatoms. The number of hydrogen-bond donors (Lipinski definition) is 2. The molecule has 1 unspecified atom stereocenters. The largest absolute Gasteiger partial charge is 0.361 e. The van der Waals surface area contributed by atoms with Crippen LogP contribution in [-0.4, -0.2) is 48.0 Å². The van der Waals surface area contributed by atoms with Crippen molar-refractivity contribution < 1.29 is 14.1 Å². The molecule has 1 aliphatic heterocycles. The molecule has 0 bridgehead atoms. The Morgan fingerprint density at radius 3 is 2.81 bits per heavy atom. The van der Waals surface area contributed by atoms with Gasteiger partial charge >= 0.3 is 0 Å². The molecular weight excluding hydrogens is 296 g/mol. The molecule has 1 fully saturated rings. The first kappa shape index (κ1) is 17.5. The second-order valence-corrected chi connectivity index (χ2v) is 5.02. The Hall–Kier alpha value is -1.60. The number of aryl methyl sites for hydroxylation is 2. The Morgan fingerprint density at radius 1 is 1.52 bits per heavy atom. The van der Waals surface area contributed by atoms with Gasteiger partial charge in [0.2, 0.25) is 11.8 Å². The van der Waals surface area contributed by atoms with Crippen molar-refractivity contribution in [3.63, 3.8) is 0 Å². The smallest absolute Gasteiger partial charge is 0.240 e. The summed E-state index contributed by atoms with van der Waals surface area (Å²) in [4.78, 5) is 25.2. The van der Waals surface area contributed by atoms with Gasteiger partial charge in [0.1, 0.15) is 5.76 Å². The molecule has 0 spiro atoms. The van der Waals surface area contributed by atoms with Crippen LogP contribution in [0.4, 0.5) is 0 Å². The fourth-order valence-electron chi connectivity index (χ4n) is 2.45. The maximum Gasteiger partial charge on any atom is 0.240 e. The van der Waals surface area contributed by atoms with Gasteiger partial charge in [-0.05, 0) is 20.8 Å². The van der Waals surface area contributed by atoms with Crippen LogP contribution in [0.25, 0.3) is 0 Å². The lowest BCUT2D eigenvalue weighted by atomic mass is 10.1. The number of aromatic nitrogens is 1. The Kier molecular flexibility index (Phi) is 6.17. The number of piperazine rings is 1. The fourth-order valence-corrected chi connectivity index (χ4v) is 2.45. The monoisotopic (exact) mass is 316 g/mol. The maximum absolute atomic E-state index is 12.0. The maximum atomic E-state index is 12.0. The van der Waals surface area contributed by atoms with Gasteiger partial charge in [-0.1, -0.05) is 5.16 Å². The number of nitrogens with one attached hydrogen (secondary N) is 2. The zero-order valence-electron chi connectivity index (χ0n) is 12.4. The van der Waals surface area contributed by atoms with Gasteiger partial charge in [0.25, 0.3) is 0 Å². The predicted octanol–water partition coefficient (Wildman–Crippen LogP) is 0.322. The first-order chi connectivity index (χ1) is 9.49. The highest BCUT2D eigenvalue weighted by molar-refractivity contribution is 5.86. The van der Waals surface area contributed by atoms with E-state index in [9.17, 15) is 9.59 Å². The third-order valence-corrected chi connectivity index (χ3v) is 3.42. The summed E-state index contributed by atoms with van der Waals surface area (Å²) in [5, 5.41) is 9.72. The van der Waals surface area contributed by atoms with Crippen molar-refractivity contribution in [1.29, 1.82) is 0 Å². The summed E-state index contributed by atoms with van der Waals surface area (Å²) in [6.07, 6.45) is 0. The number of hydrogen-bond acceptors (Lipinski definition) is 5. The van der Waals surface area contributed by atoms with Crippen molar-refractivity contribution in [2.75, 3.05) is 26.2 Å². The van der Waals surface area contributed by atoms with E-state index in [1.165, 1.54) is 0 Å². The Bertz CT molecular complexity index is 498. The number of amides is 2. The van der Waals surface area contributed by atoms with Gasteiger partial charge in [0, 0.05) is 18.7 Å². The standard InChI is InChI=1S/C13H20N4O3.ClH/c1-8(13-9(2)16-20-10(13)3)15-11(18)7-17-5-4-14-6-12(17)19;/h8,14H,4-7H2,1-3H3,(H,15,18);1H. The molecule has 0 radical (unpaired) electrons. The molecular formula is C13H21ClN4O3. The van der Waals surface area contributed by atoms with Gasteiger partial charge in [-0.25, -0.2) is 0 Å². The van der Waals surface area contributed by atoms with E-state index in [1.54, 1.807) is 4.90 Å². The Labute approximate surface area is 129 Å². The minimum Gasteiger partial charge on any atom is -0.361 e. The average molecular weight is 317 g/mol. The molecule has 1 aromatic heterocycles. The van der Waals surface area contributed by atoms with Crippen LogP contribution in [0.3, 0.4) is 0 Å². The van der Waals surface area contributed by atoms with Gasteiger partial charge in [0.05, 0.1) is 24.8 Å². The molecule has 2 amide bonds. The van der Waals surface area contributed by atoms with Crippen LogP contribution in [0.15, 0.2) is 4.52 Å². The zero-order chi connectivity index (χ0) is 14.7. The van der Waals surface area contributed by atoms with Crippen molar-refractivity contribution in [1.82, 2.24) is 20.7 Å². The van der Waals surface area contributed by atoms with Gasteiger partial charge in [-0.3, -0.25) is 9.59 Å². The van der Waals surface area contributed by atoms with Crippen molar-refractivity contribution in [3.05, 3.63) is 17.0 Å². The number of nitrogens with zero attached hydrogens (tertiary/aromatic N) is 2. The van der Waals surface area contributed by atoms with Crippen LogP contribution in [0.2, 0.25) is 0 Å². The minimum absolute atomic E-state index is 0. The van der Waals surface area contributed by atoms with Gasteiger partial charge in [0.15, 0.2) is 0 Å². The first-order valence-corrected chi connectivity index (χ1v) is 6.69. The van der Waals surface area contributed by atoms with Gasteiger partial charge in [-0.2, -0.15) is 0 Å². The van der Waals surface area contributed by atoms with E-state index in [-0.39, 0.29) is 36.8 Å². The van der Waals surface area contributed by atoms with E-state index >= 15 is 0 Å². The summed E-state index contributed by atoms with van der Waals surface area (Å²) in [7, 11) is 0.